The van der Waals surface area contributed by atoms with Gasteiger partial charge in [-0.3, -0.25) is 14.9 Å². The largest absolute Gasteiger partial charge is 0.325 e. The van der Waals surface area contributed by atoms with Gasteiger partial charge >= 0.3 is 0 Å². The van der Waals surface area contributed by atoms with Crippen LogP contribution in [0.5, 0.6) is 0 Å². The lowest BCUT2D eigenvalue weighted by molar-refractivity contribution is -0.384. The zero-order chi connectivity index (χ0) is 13.1. The Bertz CT molecular complexity index is 546. The Morgan fingerprint density at radius 2 is 2.28 bits per heavy atom. The maximum atomic E-state index is 11.7. The summed E-state index contributed by atoms with van der Waals surface area (Å²) >= 11 is 0. The first kappa shape index (κ1) is 12.0. The Morgan fingerprint density at radius 1 is 1.56 bits per heavy atom. The van der Waals surface area contributed by atoms with E-state index >= 15 is 0 Å². The van der Waals surface area contributed by atoms with Crippen LogP contribution in [0, 0.1) is 27.4 Å². The van der Waals surface area contributed by atoms with Crippen molar-refractivity contribution in [3.05, 3.63) is 33.9 Å². The van der Waals surface area contributed by atoms with Gasteiger partial charge in [0.15, 0.2) is 0 Å². The number of hydrogen-bond donors (Lipinski definition) is 2. The van der Waals surface area contributed by atoms with Gasteiger partial charge in [0.1, 0.15) is 6.07 Å². The molecule has 2 rings (SSSR count). The van der Waals surface area contributed by atoms with E-state index in [1.54, 1.807) is 0 Å². The van der Waals surface area contributed by atoms with Gasteiger partial charge in [-0.2, -0.15) is 5.26 Å². The highest BCUT2D eigenvalue weighted by molar-refractivity contribution is 5.94. The van der Waals surface area contributed by atoms with E-state index in [1.807, 2.05) is 6.07 Å². The van der Waals surface area contributed by atoms with Crippen LogP contribution in [0.2, 0.25) is 0 Å². The lowest BCUT2D eigenvalue weighted by Crippen LogP contribution is -2.48. The van der Waals surface area contributed by atoms with E-state index in [4.69, 9.17) is 5.26 Å². The molecular weight excluding hydrogens is 236 g/mol. The quantitative estimate of drug-likeness (QED) is 0.600. The van der Waals surface area contributed by atoms with Crippen LogP contribution in [0.15, 0.2) is 18.2 Å². The van der Waals surface area contributed by atoms with Crippen molar-refractivity contribution in [2.24, 2.45) is 5.92 Å². The van der Waals surface area contributed by atoms with Crippen molar-refractivity contribution in [3.63, 3.8) is 0 Å². The van der Waals surface area contributed by atoms with Crippen LogP contribution in [-0.4, -0.2) is 23.9 Å². The molecule has 0 bridgehead atoms. The minimum Gasteiger partial charge on any atom is -0.325 e. The molecule has 0 aliphatic carbocycles. The van der Waals surface area contributed by atoms with Gasteiger partial charge < -0.3 is 10.6 Å². The minimum absolute atomic E-state index is 0.0878. The summed E-state index contributed by atoms with van der Waals surface area (Å²) in [7, 11) is 0. The molecule has 92 valence electrons. The highest BCUT2D eigenvalue weighted by Gasteiger charge is 2.25. The molecule has 0 aromatic heterocycles. The summed E-state index contributed by atoms with van der Waals surface area (Å²) in [4.78, 5) is 21.7. The topological polar surface area (TPSA) is 108 Å². The molecule has 7 heteroatoms. The molecule has 0 saturated carbocycles. The standard InChI is InChI=1S/C11H10N4O3/c12-4-7-3-9(15(17)18)1-2-10(7)14-11(16)8-5-13-6-8/h1-3,8,13H,5-6H2,(H,14,16). The molecule has 1 aromatic rings. The van der Waals surface area contributed by atoms with Crippen molar-refractivity contribution < 1.29 is 9.72 Å². The van der Waals surface area contributed by atoms with Crippen LogP contribution in [0.4, 0.5) is 11.4 Å². The number of nitriles is 1. The Labute approximate surface area is 103 Å². The minimum atomic E-state index is -0.581. The molecule has 0 spiro atoms. The first-order valence-electron chi connectivity index (χ1n) is 5.32. The molecule has 1 heterocycles. The number of nitro groups is 1. The summed E-state index contributed by atoms with van der Waals surface area (Å²) in [5, 5.41) is 25.0. The maximum absolute atomic E-state index is 11.7. The highest BCUT2D eigenvalue weighted by Crippen LogP contribution is 2.22. The smallest absolute Gasteiger partial charge is 0.270 e. The molecule has 1 aliphatic heterocycles. The maximum Gasteiger partial charge on any atom is 0.270 e. The number of nitrogens with one attached hydrogen (secondary N) is 2. The van der Waals surface area contributed by atoms with Gasteiger partial charge in [0.2, 0.25) is 5.91 Å². The molecule has 1 fully saturated rings. The van der Waals surface area contributed by atoms with Crippen LogP contribution in [0.25, 0.3) is 0 Å². The van der Waals surface area contributed by atoms with Gasteiger partial charge in [0, 0.05) is 25.2 Å². The molecule has 1 aromatic carbocycles. The summed E-state index contributed by atoms with van der Waals surface area (Å²) in [5.74, 6) is -0.286. The first-order chi connectivity index (χ1) is 8.61. The molecule has 0 radical (unpaired) electrons. The lowest BCUT2D eigenvalue weighted by Gasteiger charge is -2.25. The summed E-state index contributed by atoms with van der Waals surface area (Å²) in [6, 6.07) is 5.62. The fourth-order valence-corrected chi connectivity index (χ4v) is 1.56. The van der Waals surface area contributed by atoms with Crippen LogP contribution < -0.4 is 10.6 Å². The van der Waals surface area contributed by atoms with Crippen LogP contribution >= 0.6 is 0 Å². The van der Waals surface area contributed by atoms with Gasteiger partial charge in [-0.1, -0.05) is 0 Å². The fraction of sp³-hybridized carbons (Fsp3) is 0.273. The number of non-ortho nitro benzene ring substituents is 1. The van der Waals surface area contributed by atoms with E-state index in [2.05, 4.69) is 10.6 Å². The number of nitro benzene ring substituents is 1. The van der Waals surface area contributed by atoms with Crippen LogP contribution in [-0.2, 0) is 4.79 Å². The Morgan fingerprint density at radius 3 is 2.78 bits per heavy atom. The normalized spacial score (nSPS) is 14.4. The number of amides is 1. The summed E-state index contributed by atoms with van der Waals surface area (Å²) in [6.45, 7) is 1.22. The third-order valence-corrected chi connectivity index (χ3v) is 2.74. The van der Waals surface area contributed by atoms with Crippen molar-refractivity contribution >= 4 is 17.3 Å². The van der Waals surface area contributed by atoms with E-state index in [-0.39, 0.29) is 23.1 Å². The van der Waals surface area contributed by atoms with Crippen molar-refractivity contribution in [2.45, 2.75) is 0 Å². The highest BCUT2D eigenvalue weighted by atomic mass is 16.6. The molecule has 1 aliphatic rings. The number of carbonyl (C=O) groups excluding carboxylic acids is 1. The zero-order valence-electron chi connectivity index (χ0n) is 9.34. The Balaban J connectivity index is 2.20. The second-order valence-corrected chi connectivity index (χ2v) is 3.94. The first-order valence-corrected chi connectivity index (χ1v) is 5.32. The van der Waals surface area contributed by atoms with Crippen molar-refractivity contribution in [2.75, 3.05) is 18.4 Å². The lowest BCUT2D eigenvalue weighted by atomic mass is 10.0. The van der Waals surface area contributed by atoms with Gasteiger partial charge in [-0.15, -0.1) is 0 Å². The molecule has 2 N–H and O–H groups in total. The fourth-order valence-electron chi connectivity index (χ4n) is 1.56. The predicted molar refractivity (Wildman–Crippen MR) is 62.8 cm³/mol. The van der Waals surface area contributed by atoms with Crippen molar-refractivity contribution in [1.82, 2.24) is 5.32 Å². The Hall–Kier alpha value is -2.46. The number of nitrogens with zero attached hydrogens (tertiary/aromatic N) is 2. The molecule has 0 unspecified atom stereocenters. The van der Waals surface area contributed by atoms with E-state index in [0.717, 1.165) is 6.07 Å². The van der Waals surface area contributed by atoms with Gasteiger partial charge in [0.25, 0.3) is 5.69 Å². The monoisotopic (exact) mass is 246 g/mol. The molecule has 1 saturated heterocycles. The predicted octanol–water partition coefficient (Wildman–Crippen LogP) is 0.624. The molecule has 1 amide bonds. The average molecular weight is 246 g/mol. The molecular formula is C11H10N4O3. The molecule has 0 atom stereocenters. The summed E-state index contributed by atoms with van der Waals surface area (Å²) < 4.78 is 0. The number of hydrogen-bond acceptors (Lipinski definition) is 5. The number of carbonyl (C=O) groups is 1. The second-order valence-electron chi connectivity index (χ2n) is 3.94. The average Bonchev–Trinajstić information content (AvgIpc) is 2.26. The van der Waals surface area contributed by atoms with E-state index in [0.29, 0.717) is 18.8 Å². The van der Waals surface area contributed by atoms with Crippen LogP contribution in [0.1, 0.15) is 5.56 Å². The summed E-state index contributed by atoms with van der Waals surface area (Å²) in [5.41, 5.74) is 0.222. The van der Waals surface area contributed by atoms with E-state index in [1.165, 1.54) is 12.1 Å². The number of benzene rings is 1. The SMILES string of the molecule is N#Cc1cc([N+](=O)[O-])ccc1NC(=O)C1CNC1. The molecule has 7 nitrogen and oxygen atoms in total. The number of anilines is 1. The van der Waals surface area contributed by atoms with E-state index in [9.17, 15) is 14.9 Å². The van der Waals surface area contributed by atoms with Crippen LogP contribution in [0.3, 0.4) is 0 Å². The van der Waals surface area contributed by atoms with Crippen molar-refractivity contribution in [3.8, 4) is 6.07 Å². The third kappa shape index (κ3) is 2.28. The molecule has 18 heavy (non-hydrogen) atoms. The van der Waals surface area contributed by atoms with E-state index < -0.39 is 4.92 Å². The second kappa shape index (κ2) is 4.81. The van der Waals surface area contributed by atoms with Gasteiger partial charge in [0.05, 0.1) is 22.1 Å². The van der Waals surface area contributed by atoms with Crippen molar-refractivity contribution in [1.29, 1.82) is 5.26 Å². The zero-order valence-corrected chi connectivity index (χ0v) is 9.34. The van der Waals surface area contributed by atoms with Gasteiger partial charge in [-0.25, -0.2) is 0 Å². The third-order valence-electron chi connectivity index (χ3n) is 2.74. The van der Waals surface area contributed by atoms with Gasteiger partial charge in [-0.05, 0) is 6.07 Å². The Kier molecular flexibility index (Phi) is 3.21. The summed E-state index contributed by atoms with van der Waals surface area (Å²) in [6.07, 6.45) is 0. The number of rotatable bonds is 3.